The van der Waals surface area contributed by atoms with Crippen LogP contribution in [0.3, 0.4) is 0 Å². The summed E-state index contributed by atoms with van der Waals surface area (Å²) in [6, 6.07) is 9.24. The number of carbonyl (C=O) groups is 2. The molecule has 156 valence electrons. The van der Waals surface area contributed by atoms with Crippen LogP contribution >= 0.6 is 0 Å². The van der Waals surface area contributed by atoms with E-state index in [1.807, 2.05) is 44.0 Å². The van der Waals surface area contributed by atoms with Crippen LogP contribution in [0.4, 0.5) is 0 Å². The van der Waals surface area contributed by atoms with E-state index in [4.69, 9.17) is 4.52 Å². The molecule has 0 atom stereocenters. The van der Waals surface area contributed by atoms with Crippen molar-refractivity contribution in [2.24, 2.45) is 0 Å². The Morgan fingerprint density at radius 2 is 1.90 bits per heavy atom. The van der Waals surface area contributed by atoms with Gasteiger partial charge in [0.15, 0.2) is 5.82 Å². The normalized spacial score (nSPS) is 15.6. The number of nitrogens with zero attached hydrogens (tertiary/aromatic N) is 3. The third-order valence-corrected chi connectivity index (χ3v) is 5.01. The Labute approximate surface area is 171 Å². The van der Waals surface area contributed by atoms with E-state index < -0.39 is 5.54 Å². The second-order valence-corrected chi connectivity index (χ2v) is 8.02. The van der Waals surface area contributed by atoms with Crippen molar-refractivity contribution in [3.8, 4) is 0 Å². The first kappa shape index (κ1) is 21.0. The van der Waals surface area contributed by atoms with Crippen molar-refractivity contribution in [1.82, 2.24) is 25.7 Å². The van der Waals surface area contributed by atoms with Gasteiger partial charge in [0.05, 0.1) is 13.1 Å². The second kappa shape index (κ2) is 9.17. The van der Waals surface area contributed by atoms with Crippen LogP contribution in [0.2, 0.25) is 0 Å². The molecule has 0 spiro atoms. The van der Waals surface area contributed by atoms with Crippen LogP contribution in [-0.2, 0) is 16.9 Å². The highest BCUT2D eigenvalue weighted by molar-refractivity contribution is 5.94. The van der Waals surface area contributed by atoms with E-state index in [1.165, 1.54) is 0 Å². The van der Waals surface area contributed by atoms with Crippen LogP contribution < -0.4 is 10.6 Å². The van der Waals surface area contributed by atoms with Crippen molar-refractivity contribution < 1.29 is 14.1 Å². The largest absolute Gasteiger partial charge is 0.353 e. The first-order chi connectivity index (χ1) is 13.9. The lowest BCUT2D eigenvalue weighted by Crippen LogP contribution is -2.44. The summed E-state index contributed by atoms with van der Waals surface area (Å²) in [7, 11) is 1.83. The van der Waals surface area contributed by atoms with Gasteiger partial charge in [-0.2, -0.15) is 4.98 Å². The number of aromatic nitrogens is 2. The Bertz CT molecular complexity index is 828. The lowest BCUT2D eigenvalue weighted by molar-refractivity contribution is -0.122. The minimum Gasteiger partial charge on any atom is -0.353 e. The number of rotatable bonds is 8. The minimum absolute atomic E-state index is 0.0513. The third kappa shape index (κ3) is 5.41. The predicted octanol–water partition coefficient (Wildman–Crippen LogP) is 2.23. The van der Waals surface area contributed by atoms with Crippen molar-refractivity contribution >= 4 is 11.8 Å². The Hall–Kier alpha value is -2.74. The van der Waals surface area contributed by atoms with E-state index in [2.05, 4.69) is 20.8 Å². The Morgan fingerprint density at radius 3 is 2.55 bits per heavy atom. The quantitative estimate of drug-likeness (QED) is 0.706. The van der Waals surface area contributed by atoms with Crippen LogP contribution in [0.25, 0.3) is 0 Å². The van der Waals surface area contributed by atoms with E-state index in [1.54, 1.807) is 12.1 Å². The highest BCUT2D eigenvalue weighted by Gasteiger charge is 2.41. The van der Waals surface area contributed by atoms with Crippen molar-refractivity contribution in [3.63, 3.8) is 0 Å². The maximum absolute atomic E-state index is 12.7. The van der Waals surface area contributed by atoms with E-state index >= 15 is 0 Å². The highest BCUT2D eigenvalue weighted by Crippen LogP contribution is 2.37. The molecule has 0 bridgehead atoms. The molecule has 2 N–H and O–H groups in total. The molecule has 1 fully saturated rings. The van der Waals surface area contributed by atoms with Gasteiger partial charge in [-0.25, -0.2) is 0 Å². The zero-order valence-corrected chi connectivity index (χ0v) is 17.3. The van der Waals surface area contributed by atoms with Crippen LogP contribution in [-0.4, -0.2) is 46.5 Å². The summed E-state index contributed by atoms with van der Waals surface area (Å²) in [5.41, 5.74) is 0.000757. The minimum atomic E-state index is -0.609. The number of hydrogen-bond donors (Lipinski definition) is 2. The Morgan fingerprint density at radius 1 is 1.21 bits per heavy atom. The van der Waals surface area contributed by atoms with Crippen molar-refractivity contribution in [2.75, 3.05) is 13.6 Å². The smallest absolute Gasteiger partial charge is 0.252 e. The van der Waals surface area contributed by atoms with Crippen LogP contribution in [0.1, 0.15) is 61.6 Å². The van der Waals surface area contributed by atoms with Crippen LogP contribution in [0, 0.1) is 0 Å². The van der Waals surface area contributed by atoms with Crippen LogP contribution in [0.5, 0.6) is 0 Å². The Kier molecular flexibility index (Phi) is 6.64. The highest BCUT2D eigenvalue weighted by atomic mass is 16.5. The monoisotopic (exact) mass is 399 g/mol. The molecule has 0 radical (unpaired) electrons. The van der Waals surface area contributed by atoms with Gasteiger partial charge in [0.2, 0.25) is 11.8 Å². The molecule has 1 aromatic carbocycles. The first-order valence-corrected chi connectivity index (χ1v) is 10.1. The van der Waals surface area contributed by atoms with Crippen molar-refractivity contribution in [1.29, 1.82) is 0 Å². The van der Waals surface area contributed by atoms with E-state index in [9.17, 15) is 9.59 Å². The summed E-state index contributed by atoms with van der Waals surface area (Å²) in [5, 5.41) is 10.2. The lowest BCUT2D eigenvalue weighted by Gasteiger charge is -2.26. The average Bonchev–Trinajstić information content (AvgIpc) is 3.32. The molecular formula is C21H29N5O3. The van der Waals surface area contributed by atoms with E-state index in [0.717, 1.165) is 25.7 Å². The summed E-state index contributed by atoms with van der Waals surface area (Å²) >= 11 is 0. The number of amides is 2. The summed E-state index contributed by atoms with van der Waals surface area (Å²) in [6.45, 7) is 4.45. The van der Waals surface area contributed by atoms with Gasteiger partial charge < -0.3 is 15.2 Å². The molecule has 2 amide bonds. The molecule has 1 aliphatic carbocycles. The summed E-state index contributed by atoms with van der Waals surface area (Å²) in [5.74, 6) is 0.750. The van der Waals surface area contributed by atoms with Gasteiger partial charge in [0.25, 0.3) is 5.91 Å². The summed E-state index contributed by atoms with van der Waals surface area (Å²) in [4.78, 5) is 31.0. The average molecular weight is 399 g/mol. The molecule has 1 aromatic heterocycles. The van der Waals surface area contributed by atoms with Gasteiger partial charge in [0, 0.05) is 11.6 Å². The Balaban J connectivity index is 1.67. The van der Waals surface area contributed by atoms with E-state index in [-0.39, 0.29) is 24.4 Å². The molecule has 1 aliphatic rings. The molecule has 2 aromatic rings. The molecule has 3 rings (SSSR count). The fraction of sp³-hybridized carbons (Fsp3) is 0.524. The molecule has 1 saturated carbocycles. The van der Waals surface area contributed by atoms with Crippen molar-refractivity contribution in [3.05, 3.63) is 47.6 Å². The third-order valence-electron chi connectivity index (χ3n) is 5.01. The van der Waals surface area contributed by atoms with Gasteiger partial charge in [-0.1, -0.05) is 36.2 Å². The SMILES string of the molecule is CC(C)NC(=O)CN(C)Cc1nc(C2(NC(=O)c3ccccc3)CCCC2)no1. The number of carbonyl (C=O) groups excluding carboxylic acids is 2. The number of hydrogen-bond acceptors (Lipinski definition) is 6. The molecule has 1 heterocycles. The molecule has 8 heteroatoms. The topological polar surface area (TPSA) is 100 Å². The fourth-order valence-electron chi connectivity index (χ4n) is 3.68. The second-order valence-electron chi connectivity index (χ2n) is 8.02. The molecule has 0 aliphatic heterocycles. The zero-order chi connectivity index (χ0) is 20.9. The molecular weight excluding hydrogens is 370 g/mol. The van der Waals surface area contributed by atoms with Crippen molar-refractivity contribution in [2.45, 2.75) is 57.7 Å². The number of benzene rings is 1. The standard InChI is InChI=1S/C21H29N5O3/c1-15(2)22-17(27)13-26(3)14-18-23-20(25-29-18)21(11-7-8-12-21)24-19(28)16-9-5-4-6-10-16/h4-6,9-10,15H,7-8,11-14H2,1-3H3,(H,22,27)(H,24,28). The lowest BCUT2D eigenvalue weighted by atomic mass is 9.96. The first-order valence-electron chi connectivity index (χ1n) is 10.1. The predicted molar refractivity (Wildman–Crippen MR) is 108 cm³/mol. The maximum atomic E-state index is 12.7. The summed E-state index contributed by atoms with van der Waals surface area (Å²) < 4.78 is 5.44. The summed E-state index contributed by atoms with van der Waals surface area (Å²) in [6.07, 6.45) is 3.54. The molecule has 29 heavy (non-hydrogen) atoms. The van der Waals surface area contributed by atoms with Gasteiger partial charge in [-0.15, -0.1) is 0 Å². The molecule has 0 unspecified atom stereocenters. The van der Waals surface area contributed by atoms with Gasteiger partial charge in [0.1, 0.15) is 5.54 Å². The molecule has 8 nitrogen and oxygen atoms in total. The maximum Gasteiger partial charge on any atom is 0.252 e. The van der Waals surface area contributed by atoms with Crippen LogP contribution in [0.15, 0.2) is 34.9 Å². The zero-order valence-electron chi connectivity index (χ0n) is 17.3. The fourth-order valence-corrected chi connectivity index (χ4v) is 3.68. The van der Waals surface area contributed by atoms with Gasteiger partial charge in [-0.05, 0) is 45.9 Å². The van der Waals surface area contributed by atoms with Gasteiger partial charge in [-0.3, -0.25) is 14.5 Å². The van der Waals surface area contributed by atoms with E-state index in [0.29, 0.717) is 23.8 Å². The molecule has 0 saturated heterocycles. The number of likely N-dealkylation sites (N-methyl/N-ethyl adjacent to an activating group) is 1. The van der Waals surface area contributed by atoms with Gasteiger partial charge >= 0.3 is 0 Å². The number of nitrogens with one attached hydrogen (secondary N) is 2.